The van der Waals surface area contributed by atoms with Gasteiger partial charge in [0, 0.05) is 82.6 Å². The van der Waals surface area contributed by atoms with Crippen molar-refractivity contribution in [3.8, 4) is 33.9 Å². The Balaban J connectivity index is 0.00000580. The van der Waals surface area contributed by atoms with Gasteiger partial charge in [0.2, 0.25) is 0 Å². The van der Waals surface area contributed by atoms with Crippen LogP contribution in [-0.4, -0.2) is 32.4 Å². The normalized spacial score (nSPS) is 10.8. The van der Waals surface area contributed by atoms with Gasteiger partial charge in [-0.05, 0) is 130 Å². The van der Waals surface area contributed by atoms with Crippen LogP contribution in [0.3, 0.4) is 0 Å². The second-order valence-electron chi connectivity index (χ2n) is 15.1. The predicted molar refractivity (Wildman–Crippen MR) is 268 cm³/mol. The molecule has 0 aliphatic carbocycles. The summed E-state index contributed by atoms with van der Waals surface area (Å²) in [5.74, 6) is 1.18. The molecular weight excluding hydrogens is 1100 g/mol. The SMILES string of the molecule is Br.Br.Br.Br.CC(C)c1cc(-c2cc(C(C)C)c(N=CCc3cccc(-c4ccccn4)n3)c(C(C)C)c2)cc(C(C)C)c1N=CCc1cccc(-c2ccccn2)n1.[Co].[Co]. The summed E-state index contributed by atoms with van der Waals surface area (Å²) in [6.45, 7) is 18.1. The summed E-state index contributed by atoms with van der Waals surface area (Å²) in [6, 6.07) is 33.4. The third-order valence-corrected chi connectivity index (χ3v) is 9.67. The van der Waals surface area contributed by atoms with E-state index in [-0.39, 0.29) is 101 Å². The maximum atomic E-state index is 5.16. The minimum Gasteiger partial charge on any atom is -0.260 e. The Morgan fingerprint density at radius 3 is 1.03 bits per heavy atom. The Morgan fingerprint density at radius 2 is 0.750 bits per heavy atom. The van der Waals surface area contributed by atoms with Gasteiger partial charge in [0.1, 0.15) is 0 Å². The molecule has 4 heterocycles. The zero-order chi connectivity index (χ0) is 38.2. The number of nitrogens with zero attached hydrogens (tertiary/aromatic N) is 6. The van der Waals surface area contributed by atoms with Crippen LogP contribution >= 0.6 is 67.9 Å². The van der Waals surface area contributed by atoms with Crippen molar-refractivity contribution in [3.05, 3.63) is 143 Å². The van der Waals surface area contributed by atoms with E-state index >= 15 is 0 Å². The van der Waals surface area contributed by atoms with Crippen molar-refractivity contribution in [1.82, 2.24) is 19.9 Å². The smallest absolute Gasteiger partial charge is 0.0889 e. The van der Waals surface area contributed by atoms with Crippen LogP contribution in [0.15, 0.2) is 119 Å². The maximum absolute atomic E-state index is 5.16. The number of benzene rings is 2. The molecule has 0 saturated carbocycles. The molecule has 0 aliphatic rings. The van der Waals surface area contributed by atoms with Gasteiger partial charge >= 0.3 is 0 Å². The zero-order valence-corrected chi connectivity index (χ0v) is 44.2. The molecule has 324 valence electrons. The van der Waals surface area contributed by atoms with Crippen molar-refractivity contribution in [1.29, 1.82) is 0 Å². The van der Waals surface area contributed by atoms with Gasteiger partial charge in [0.25, 0.3) is 0 Å². The number of pyridine rings is 4. The van der Waals surface area contributed by atoms with E-state index < -0.39 is 0 Å². The molecule has 6 aromatic rings. The van der Waals surface area contributed by atoms with E-state index in [4.69, 9.17) is 20.0 Å². The number of halogens is 4. The van der Waals surface area contributed by atoms with Gasteiger partial charge in [-0.3, -0.25) is 29.9 Å². The van der Waals surface area contributed by atoms with Crippen LogP contribution in [0.4, 0.5) is 11.4 Å². The summed E-state index contributed by atoms with van der Waals surface area (Å²) >= 11 is 0. The van der Waals surface area contributed by atoms with E-state index in [0.29, 0.717) is 36.5 Å². The molecule has 0 amide bonds. The summed E-state index contributed by atoms with van der Waals surface area (Å²) in [6.07, 6.45) is 8.91. The zero-order valence-electron chi connectivity index (χ0n) is 35.3. The topological polar surface area (TPSA) is 76.3 Å². The minimum absolute atomic E-state index is 0. The molecule has 0 atom stereocenters. The van der Waals surface area contributed by atoms with Gasteiger partial charge in [-0.15, -0.1) is 67.9 Å². The van der Waals surface area contributed by atoms with E-state index in [9.17, 15) is 0 Å². The van der Waals surface area contributed by atoms with Crippen LogP contribution in [0.1, 0.15) is 113 Å². The van der Waals surface area contributed by atoms with Crippen molar-refractivity contribution < 1.29 is 33.6 Å². The standard InChI is InChI=1S/C48H52N6.4BrH.2Co/c1-31(2)39-27-35(28-40(32(3)4)47(39)51-25-21-37-15-13-19-45(53-37)43-17-9-11-23-49-43)36-29-41(33(5)6)48(42(30-36)34(7)8)52-26-22-38-16-14-20-46(54-38)44-18-10-12-24-50-44;;;;;;/h9-20,23-34H,21-22H2,1-8H3;4*1H;;. The molecule has 2 radical (unpaired) electrons. The van der Waals surface area contributed by atoms with E-state index in [1.54, 1.807) is 12.4 Å². The van der Waals surface area contributed by atoms with Gasteiger partial charge in [-0.25, -0.2) is 0 Å². The first-order valence-electron chi connectivity index (χ1n) is 19.2. The molecule has 12 heteroatoms. The first-order valence-corrected chi connectivity index (χ1v) is 19.2. The van der Waals surface area contributed by atoms with E-state index in [2.05, 4.69) is 102 Å². The fourth-order valence-corrected chi connectivity index (χ4v) is 6.71. The van der Waals surface area contributed by atoms with Crippen molar-refractivity contribution >= 4 is 91.7 Å². The van der Waals surface area contributed by atoms with Crippen LogP contribution in [0, 0.1) is 0 Å². The number of hydrogen-bond donors (Lipinski definition) is 0. The van der Waals surface area contributed by atoms with Crippen molar-refractivity contribution in [2.45, 2.75) is 91.9 Å². The Kier molecular flexibility index (Phi) is 26.2. The summed E-state index contributed by atoms with van der Waals surface area (Å²) < 4.78 is 0. The largest absolute Gasteiger partial charge is 0.260 e. The predicted octanol–water partition coefficient (Wildman–Crippen LogP) is 15.0. The molecule has 6 rings (SSSR count). The average molecular weight is 1150 g/mol. The fourth-order valence-electron chi connectivity index (χ4n) is 6.71. The molecule has 6 nitrogen and oxygen atoms in total. The van der Waals surface area contributed by atoms with Crippen LogP contribution in [0.2, 0.25) is 0 Å². The van der Waals surface area contributed by atoms with Gasteiger partial charge in [0.15, 0.2) is 0 Å². The summed E-state index contributed by atoms with van der Waals surface area (Å²) in [5, 5.41) is 0. The van der Waals surface area contributed by atoms with Crippen molar-refractivity contribution in [2.24, 2.45) is 9.98 Å². The van der Waals surface area contributed by atoms with Gasteiger partial charge in [-0.1, -0.05) is 79.7 Å². The van der Waals surface area contributed by atoms with Gasteiger partial charge < -0.3 is 0 Å². The van der Waals surface area contributed by atoms with Crippen molar-refractivity contribution in [3.63, 3.8) is 0 Å². The number of aliphatic imine (C=N–C) groups is 2. The minimum atomic E-state index is 0. The molecule has 60 heavy (non-hydrogen) atoms. The van der Waals surface area contributed by atoms with E-state index in [1.165, 1.54) is 33.4 Å². The molecule has 0 N–H and O–H groups in total. The molecule has 0 spiro atoms. The molecule has 0 unspecified atom stereocenters. The quantitative estimate of drug-likeness (QED) is 0.108. The Hall–Kier alpha value is -2.69. The third-order valence-electron chi connectivity index (χ3n) is 9.67. The monoisotopic (exact) mass is 1150 g/mol. The summed E-state index contributed by atoms with van der Waals surface area (Å²) in [4.78, 5) is 29.0. The molecule has 0 aliphatic heterocycles. The molecule has 0 saturated heterocycles. The van der Waals surface area contributed by atoms with Gasteiger partial charge in [0.05, 0.1) is 34.2 Å². The second-order valence-corrected chi connectivity index (χ2v) is 15.1. The van der Waals surface area contributed by atoms with Crippen LogP contribution in [0.5, 0.6) is 0 Å². The fraction of sp³-hybridized carbons (Fsp3) is 0.292. The van der Waals surface area contributed by atoms with E-state index in [0.717, 1.165) is 45.5 Å². The van der Waals surface area contributed by atoms with Crippen LogP contribution in [0.25, 0.3) is 33.9 Å². The van der Waals surface area contributed by atoms with Crippen molar-refractivity contribution in [2.75, 3.05) is 0 Å². The molecule has 4 aromatic heterocycles. The Morgan fingerprint density at radius 1 is 0.433 bits per heavy atom. The first kappa shape index (κ1) is 57.3. The van der Waals surface area contributed by atoms with Crippen LogP contribution < -0.4 is 0 Å². The summed E-state index contributed by atoms with van der Waals surface area (Å²) in [7, 11) is 0. The average Bonchev–Trinajstić information content (AvgIpc) is 3.18. The van der Waals surface area contributed by atoms with Gasteiger partial charge in [-0.2, -0.15) is 0 Å². The third kappa shape index (κ3) is 14.7. The number of aromatic nitrogens is 4. The Bertz CT molecular complexity index is 2050. The molecule has 0 bridgehead atoms. The van der Waals surface area contributed by atoms with E-state index in [1.807, 2.05) is 73.1 Å². The Labute approximate surface area is 420 Å². The molecule has 0 fully saturated rings. The maximum Gasteiger partial charge on any atom is 0.0889 e. The molecular formula is C48H56Br4Co2N6. The molecule has 2 aromatic carbocycles. The number of hydrogen-bond acceptors (Lipinski definition) is 6. The number of rotatable bonds is 13. The summed E-state index contributed by atoms with van der Waals surface area (Å²) in [5.41, 5.74) is 15.0. The second kappa shape index (κ2) is 27.4. The first-order chi connectivity index (χ1) is 26.1. The van der Waals surface area contributed by atoms with Crippen LogP contribution in [-0.2, 0) is 46.4 Å².